The van der Waals surface area contributed by atoms with Crippen molar-refractivity contribution in [3.8, 4) is 0 Å². The Balaban J connectivity index is 2.37. The van der Waals surface area contributed by atoms with Crippen molar-refractivity contribution < 1.29 is 9.59 Å². The zero-order valence-electron chi connectivity index (χ0n) is 10.6. The number of hydrogen-bond acceptors (Lipinski definition) is 4. The summed E-state index contributed by atoms with van der Waals surface area (Å²) in [5.74, 6) is -0.470. The minimum absolute atomic E-state index is 0.0442. The Morgan fingerprint density at radius 2 is 2.28 bits per heavy atom. The first kappa shape index (κ1) is 14.0. The molecule has 2 amide bonds. The molecule has 18 heavy (non-hydrogen) atoms. The summed E-state index contributed by atoms with van der Waals surface area (Å²) in [6.45, 7) is 4.25. The number of rotatable bonds is 6. The van der Waals surface area contributed by atoms with Crippen LogP contribution in [-0.2, 0) is 16.1 Å². The number of amides is 2. The van der Waals surface area contributed by atoms with Gasteiger partial charge in [0.25, 0.3) is 0 Å². The molecule has 1 rings (SSSR count). The van der Waals surface area contributed by atoms with Crippen LogP contribution in [0.3, 0.4) is 0 Å². The lowest BCUT2D eigenvalue weighted by atomic mass is 10.3. The summed E-state index contributed by atoms with van der Waals surface area (Å²) in [7, 11) is 0. The minimum atomic E-state index is -0.558. The molecular weight excluding hydrogens is 234 g/mol. The van der Waals surface area contributed by atoms with E-state index in [2.05, 4.69) is 15.7 Å². The maximum atomic E-state index is 11.6. The van der Waals surface area contributed by atoms with Gasteiger partial charge in [-0.1, -0.05) is 6.92 Å². The number of nitrogens with two attached hydrogens (primary N) is 1. The van der Waals surface area contributed by atoms with Gasteiger partial charge in [-0.05, 0) is 13.3 Å². The van der Waals surface area contributed by atoms with E-state index >= 15 is 0 Å². The van der Waals surface area contributed by atoms with Crippen LogP contribution in [0.15, 0.2) is 12.4 Å². The zero-order valence-corrected chi connectivity index (χ0v) is 10.6. The number of nitrogens with one attached hydrogen (secondary N) is 2. The van der Waals surface area contributed by atoms with E-state index in [1.54, 1.807) is 13.1 Å². The first-order valence-corrected chi connectivity index (χ1v) is 5.88. The Kier molecular flexibility index (Phi) is 5.16. The van der Waals surface area contributed by atoms with Gasteiger partial charge in [-0.15, -0.1) is 0 Å². The largest absolute Gasteiger partial charge is 0.396 e. The standard InChI is InChI=1S/C11H19N5O2/c1-3-4-13-11(18)8(2)15-10(17)7-16-6-9(12)5-14-16/h5-6,8H,3-4,7,12H2,1-2H3,(H,13,18)(H,15,17). The molecule has 1 atom stereocenters. The van der Waals surface area contributed by atoms with Gasteiger partial charge in [-0.3, -0.25) is 14.3 Å². The molecule has 0 spiro atoms. The zero-order chi connectivity index (χ0) is 13.5. The Morgan fingerprint density at radius 3 is 2.83 bits per heavy atom. The smallest absolute Gasteiger partial charge is 0.242 e. The van der Waals surface area contributed by atoms with Gasteiger partial charge in [0.1, 0.15) is 12.6 Å². The van der Waals surface area contributed by atoms with Crippen LogP contribution in [0.2, 0.25) is 0 Å². The molecule has 7 heteroatoms. The number of carbonyl (C=O) groups is 2. The van der Waals surface area contributed by atoms with Crippen molar-refractivity contribution in [3.63, 3.8) is 0 Å². The number of hydrogen-bond donors (Lipinski definition) is 3. The van der Waals surface area contributed by atoms with Crippen LogP contribution < -0.4 is 16.4 Å². The van der Waals surface area contributed by atoms with Gasteiger partial charge in [0.2, 0.25) is 11.8 Å². The van der Waals surface area contributed by atoms with Gasteiger partial charge in [-0.25, -0.2) is 0 Å². The van der Waals surface area contributed by atoms with E-state index in [1.807, 2.05) is 6.92 Å². The van der Waals surface area contributed by atoms with Gasteiger partial charge in [0.05, 0.1) is 11.9 Å². The van der Waals surface area contributed by atoms with Crippen LogP contribution >= 0.6 is 0 Å². The number of aromatic nitrogens is 2. The average molecular weight is 253 g/mol. The predicted octanol–water partition coefficient (Wildman–Crippen LogP) is -0.504. The molecule has 0 saturated carbocycles. The molecule has 0 aliphatic heterocycles. The third-order valence-electron chi connectivity index (χ3n) is 2.28. The van der Waals surface area contributed by atoms with Crippen LogP contribution in [0.25, 0.3) is 0 Å². The second-order valence-electron chi connectivity index (χ2n) is 4.05. The SMILES string of the molecule is CCCNC(=O)C(C)NC(=O)Cn1cc(N)cn1. The van der Waals surface area contributed by atoms with Gasteiger partial charge in [0, 0.05) is 12.7 Å². The highest BCUT2D eigenvalue weighted by molar-refractivity contribution is 5.87. The quantitative estimate of drug-likeness (QED) is 0.635. The highest BCUT2D eigenvalue weighted by Crippen LogP contribution is 1.97. The van der Waals surface area contributed by atoms with E-state index in [0.29, 0.717) is 12.2 Å². The molecule has 0 aromatic carbocycles. The van der Waals surface area contributed by atoms with Gasteiger partial charge in [0.15, 0.2) is 0 Å². The lowest BCUT2D eigenvalue weighted by Crippen LogP contribution is -2.46. The summed E-state index contributed by atoms with van der Waals surface area (Å²) < 4.78 is 1.42. The fourth-order valence-corrected chi connectivity index (χ4v) is 1.37. The van der Waals surface area contributed by atoms with Crippen molar-refractivity contribution >= 4 is 17.5 Å². The lowest BCUT2D eigenvalue weighted by Gasteiger charge is -2.13. The summed E-state index contributed by atoms with van der Waals surface area (Å²) in [5.41, 5.74) is 5.98. The fourth-order valence-electron chi connectivity index (χ4n) is 1.37. The molecule has 1 aromatic rings. The summed E-state index contributed by atoms with van der Waals surface area (Å²) >= 11 is 0. The van der Waals surface area contributed by atoms with Crippen molar-refractivity contribution in [1.29, 1.82) is 0 Å². The van der Waals surface area contributed by atoms with E-state index in [4.69, 9.17) is 5.73 Å². The Hall–Kier alpha value is -2.05. The number of anilines is 1. The number of nitrogen functional groups attached to an aromatic ring is 1. The monoisotopic (exact) mass is 253 g/mol. The summed E-state index contributed by atoms with van der Waals surface area (Å²) in [6.07, 6.45) is 3.88. The molecule has 0 aliphatic carbocycles. The lowest BCUT2D eigenvalue weighted by molar-refractivity contribution is -0.128. The minimum Gasteiger partial charge on any atom is -0.396 e. The highest BCUT2D eigenvalue weighted by atomic mass is 16.2. The van der Waals surface area contributed by atoms with Crippen molar-refractivity contribution in [3.05, 3.63) is 12.4 Å². The summed E-state index contributed by atoms with van der Waals surface area (Å²) in [4.78, 5) is 23.1. The molecule has 1 aromatic heterocycles. The molecule has 0 fully saturated rings. The molecular formula is C11H19N5O2. The van der Waals surface area contributed by atoms with E-state index in [9.17, 15) is 9.59 Å². The van der Waals surface area contributed by atoms with E-state index in [-0.39, 0.29) is 18.4 Å². The van der Waals surface area contributed by atoms with Crippen LogP contribution in [-0.4, -0.2) is 34.2 Å². The Bertz CT molecular complexity index is 415. The third kappa shape index (κ3) is 4.44. The Labute approximate surface area is 106 Å². The van der Waals surface area contributed by atoms with Gasteiger partial charge >= 0.3 is 0 Å². The molecule has 0 saturated heterocycles. The third-order valence-corrected chi connectivity index (χ3v) is 2.28. The van der Waals surface area contributed by atoms with Gasteiger partial charge < -0.3 is 16.4 Å². The van der Waals surface area contributed by atoms with Gasteiger partial charge in [-0.2, -0.15) is 5.10 Å². The molecule has 100 valence electrons. The van der Waals surface area contributed by atoms with Crippen LogP contribution in [0.1, 0.15) is 20.3 Å². The molecule has 0 radical (unpaired) electrons. The average Bonchev–Trinajstić information content (AvgIpc) is 2.71. The molecule has 0 bridgehead atoms. The second kappa shape index (κ2) is 6.63. The Morgan fingerprint density at radius 1 is 1.56 bits per heavy atom. The normalized spacial score (nSPS) is 11.9. The molecule has 0 aliphatic rings. The summed E-state index contributed by atoms with van der Waals surface area (Å²) in [5, 5.41) is 9.19. The molecule has 1 unspecified atom stereocenters. The second-order valence-corrected chi connectivity index (χ2v) is 4.05. The van der Waals surface area contributed by atoms with Crippen LogP contribution in [0, 0.1) is 0 Å². The maximum Gasteiger partial charge on any atom is 0.242 e. The number of carbonyl (C=O) groups excluding carboxylic acids is 2. The summed E-state index contributed by atoms with van der Waals surface area (Å²) in [6, 6.07) is -0.558. The topological polar surface area (TPSA) is 102 Å². The van der Waals surface area contributed by atoms with Crippen molar-refractivity contribution in [2.24, 2.45) is 0 Å². The van der Waals surface area contributed by atoms with E-state index in [0.717, 1.165) is 6.42 Å². The molecule has 1 heterocycles. The van der Waals surface area contributed by atoms with E-state index in [1.165, 1.54) is 10.9 Å². The first-order chi connectivity index (χ1) is 8.52. The van der Waals surface area contributed by atoms with Crippen molar-refractivity contribution in [2.75, 3.05) is 12.3 Å². The molecule has 4 N–H and O–H groups in total. The van der Waals surface area contributed by atoms with E-state index < -0.39 is 6.04 Å². The predicted molar refractivity (Wildman–Crippen MR) is 67.5 cm³/mol. The first-order valence-electron chi connectivity index (χ1n) is 5.88. The highest BCUT2D eigenvalue weighted by Gasteiger charge is 2.15. The number of nitrogens with zero attached hydrogens (tertiary/aromatic N) is 2. The maximum absolute atomic E-state index is 11.6. The van der Waals surface area contributed by atoms with Crippen LogP contribution in [0.4, 0.5) is 5.69 Å². The molecule has 7 nitrogen and oxygen atoms in total. The van der Waals surface area contributed by atoms with Crippen molar-refractivity contribution in [2.45, 2.75) is 32.9 Å². The van der Waals surface area contributed by atoms with Crippen LogP contribution in [0.5, 0.6) is 0 Å². The fraction of sp³-hybridized carbons (Fsp3) is 0.545. The van der Waals surface area contributed by atoms with Crippen molar-refractivity contribution in [1.82, 2.24) is 20.4 Å².